The normalized spacial score (nSPS) is 11.9. The second-order valence-electron chi connectivity index (χ2n) is 5.30. The van der Waals surface area contributed by atoms with Crippen molar-refractivity contribution in [3.8, 4) is 5.75 Å². The number of anilines is 1. The van der Waals surface area contributed by atoms with Crippen molar-refractivity contribution in [3.63, 3.8) is 0 Å². The first kappa shape index (κ1) is 17.7. The number of aromatic nitrogens is 1. The van der Waals surface area contributed by atoms with E-state index < -0.39 is 17.9 Å². The van der Waals surface area contributed by atoms with Crippen LogP contribution < -0.4 is 22.5 Å². The van der Waals surface area contributed by atoms with Crippen LogP contribution in [0, 0.1) is 0 Å². The van der Waals surface area contributed by atoms with E-state index in [0.29, 0.717) is 23.5 Å². The number of nitrogens with one attached hydrogen (secondary N) is 1. The number of benzene rings is 1. The highest BCUT2D eigenvalue weighted by atomic mass is 32.1. The van der Waals surface area contributed by atoms with Gasteiger partial charge >= 0.3 is 0 Å². The van der Waals surface area contributed by atoms with E-state index in [4.69, 9.17) is 17.2 Å². The lowest BCUT2D eigenvalue weighted by atomic mass is 10.0. The van der Waals surface area contributed by atoms with Gasteiger partial charge in [0.15, 0.2) is 5.13 Å². The van der Waals surface area contributed by atoms with E-state index in [2.05, 4.69) is 10.3 Å². The lowest BCUT2D eigenvalue weighted by Gasteiger charge is -2.10. The van der Waals surface area contributed by atoms with Crippen LogP contribution in [0.3, 0.4) is 0 Å². The maximum absolute atomic E-state index is 11.1. The Hall–Kier alpha value is -2.65. The molecule has 0 aliphatic carbocycles. The molecule has 128 valence electrons. The maximum Gasteiger partial charge on any atom is 0.236 e. The molecule has 1 atom stereocenters. The van der Waals surface area contributed by atoms with Crippen LogP contribution in [0.4, 0.5) is 5.13 Å². The number of hydrogen-bond acceptors (Lipinski definition) is 7. The average molecular weight is 349 g/mol. The first-order chi connectivity index (χ1) is 11.3. The molecule has 8 N–H and O–H groups in total. The molecule has 2 amide bonds. The minimum atomic E-state index is -0.768. The Balaban J connectivity index is 2.08. The van der Waals surface area contributed by atoms with Gasteiger partial charge in [0.25, 0.3) is 0 Å². The number of rotatable bonds is 8. The maximum atomic E-state index is 11.1. The molecule has 2 rings (SSSR count). The van der Waals surface area contributed by atoms with Gasteiger partial charge < -0.3 is 27.6 Å². The number of nitrogens with two attached hydrogens (primary N) is 3. The number of aromatic hydroxyl groups is 1. The highest BCUT2D eigenvalue weighted by Crippen LogP contribution is 2.26. The smallest absolute Gasteiger partial charge is 0.236 e. The molecule has 2 aromatic rings. The summed E-state index contributed by atoms with van der Waals surface area (Å²) in [6, 6.07) is 4.28. The van der Waals surface area contributed by atoms with Crippen molar-refractivity contribution < 1.29 is 14.7 Å². The number of carbonyl (C=O) groups is 2. The van der Waals surface area contributed by atoms with Gasteiger partial charge in [-0.25, -0.2) is 4.98 Å². The molecular weight excluding hydrogens is 330 g/mol. The van der Waals surface area contributed by atoms with Gasteiger partial charge in [0.1, 0.15) is 5.75 Å². The second kappa shape index (κ2) is 7.75. The molecule has 1 aromatic heterocycles. The van der Waals surface area contributed by atoms with Crippen molar-refractivity contribution in [1.29, 1.82) is 0 Å². The molecule has 0 aliphatic heterocycles. The van der Waals surface area contributed by atoms with Crippen molar-refractivity contribution in [2.24, 2.45) is 17.2 Å². The van der Waals surface area contributed by atoms with Gasteiger partial charge in [0.2, 0.25) is 11.8 Å². The lowest BCUT2D eigenvalue weighted by molar-refractivity contribution is -0.119. The van der Waals surface area contributed by atoms with Crippen molar-refractivity contribution in [3.05, 3.63) is 40.4 Å². The first-order valence-corrected chi connectivity index (χ1v) is 7.99. The first-order valence-electron chi connectivity index (χ1n) is 7.17. The zero-order valence-electron chi connectivity index (χ0n) is 12.9. The van der Waals surface area contributed by atoms with Gasteiger partial charge in [0.05, 0.1) is 12.6 Å². The molecule has 0 saturated heterocycles. The summed E-state index contributed by atoms with van der Waals surface area (Å²) >= 11 is 1.36. The van der Waals surface area contributed by atoms with E-state index in [1.54, 1.807) is 24.4 Å². The van der Waals surface area contributed by atoms with Crippen LogP contribution in [0.2, 0.25) is 0 Å². The zero-order chi connectivity index (χ0) is 17.7. The van der Waals surface area contributed by atoms with Crippen LogP contribution >= 0.6 is 11.3 Å². The molecule has 0 saturated carbocycles. The molecule has 0 unspecified atom stereocenters. The zero-order valence-corrected chi connectivity index (χ0v) is 13.7. The number of amides is 2. The summed E-state index contributed by atoms with van der Waals surface area (Å²) in [5, 5.41) is 13.4. The van der Waals surface area contributed by atoms with E-state index >= 15 is 0 Å². The van der Waals surface area contributed by atoms with Crippen molar-refractivity contribution in [1.82, 2.24) is 4.98 Å². The summed E-state index contributed by atoms with van der Waals surface area (Å²) in [4.78, 5) is 26.9. The third kappa shape index (κ3) is 4.93. The second-order valence-corrected chi connectivity index (χ2v) is 6.42. The Morgan fingerprint density at radius 2 is 2.08 bits per heavy atom. The van der Waals surface area contributed by atoms with E-state index in [1.165, 1.54) is 11.3 Å². The molecule has 8 nitrogen and oxygen atoms in total. The number of primary amides is 2. The highest BCUT2D eigenvalue weighted by Gasteiger charge is 2.13. The lowest BCUT2D eigenvalue weighted by Crippen LogP contribution is -2.38. The third-order valence-electron chi connectivity index (χ3n) is 3.30. The van der Waals surface area contributed by atoms with Gasteiger partial charge in [0, 0.05) is 17.5 Å². The fourth-order valence-corrected chi connectivity index (χ4v) is 2.91. The fraction of sp³-hybridized carbons (Fsp3) is 0.267. The minimum Gasteiger partial charge on any atom is -0.508 e. The Bertz CT molecular complexity index is 746. The SMILES string of the molecule is NC(=O)CNc1ncc(Cc2cc(C[C@H](N)C(N)=O)ccc2O)s1. The summed E-state index contributed by atoms with van der Waals surface area (Å²) in [5.74, 6) is -0.897. The van der Waals surface area contributed by atoms with Crippen LogP contribution in [0.25, 0.3) is 0 Å². The molecular formula is C15H19N5O3S. The summed E-state index contributed by atoms with van der Waals surface area (Å²) in [6.45, 7) is 0.0126. The number of nitrogens with zero attached hydrogens (tertiary/aromatic N) is 1. The Morgan fingerprint density at radius 3 is 2.75 bits per heavy atom. The Morgan fingerprint density at radius 1 is 1.33 bits per heavy atom. The number of thiazole rings is 1. The fourth-order valence-electron chi connectivity index (χ4n) is 2.08. The van der Waals surface area contributed by atoms with Crippen molar-refractivity contribution in [2.45, 2.75) is 18.9 Å². The van der Waals surface area contributed by atoms with E-state index in [-0.39, 0.29) is 12.3 Å². The largest absolute Gasteiger partial charge is 0.508 e. The van der Waals surface area contributed by atoms with E-state index in [1.807, 2.05) is 0 Å². The number of hydrogen-bond donors (Lipinski definition) is 5. The van der Waals surface area contributed by atoms with E-state index in [9.17, 15) is 14.7 Å². The third-order valence-corrected chi connectivity index (χ3v) is 4.25. The predicted octanol–water partition coefficient (Wildman–Crippen LogP) is -0.308. The predicted molar refractivity (Wildman–Crippen MR) is 91.6 cm³/mol. The topological polar surface area (TPSA) is 157 Å². The number of carbonyl (C=O) groups excluding carboxylic acids is 2. The molecule has 0 radical (unpaired) electrons. The summed E-state index contributed by atoms with van der Waals surface area (Å²) < 4.78 is 0. The molecule has 9 heteroatoms. The Kier molecular flexibility index (Phi) is 5.72. The van der Waals surface area contributed by atoms with Crippen LogP contribution in [-0.2, 0) is 22.4 Å². The summed E-state index contributed by atoms with van der Waals surface area (Å²) in [5.41, 5.74) is 17.4. The van der Waals surface area contributed by atoms with Crippen LogP contribution in [0.1, 0.15) is 16.0 Å². The van der Waals surface area contributed by atoms with Crippen molar-refractivity contribution in [2.75, 3.05) is 11.9 Å². The molecule has 0 aliphatic rings. The molecule has 0 bridgehead atoms. The quantitative estimate of drug-likeness (QED) is 0.440. The molecule has 1 heterocycles. The van der Waals surface area contributed by atoms with Gasteiger partial charge in [-0.1, -0.05) is 12.1 Å². The molecule has 0 fully saturated rings. The molecule has 24 heavy (non-hydrogen) atoms. The molecule has 1 aromatic carbocycles. The van der Waals surface area contributed by atoms with E-state index in [0.717, 1.165) is 10.4 Å². The average Bonchev–Trinajstić information content (AvgIpc) is 2.96. The van der Waals surface area contributed by atoms with Crippen LogP contribution in [-0.4, -0.2) is 34.5 Å². The Labute approximate surface area is 142 Å². The van der Waals surface area contributed by atoms with Gasteiger partial charge in [-0.05, 0) is 23.6 Å². The standard InChI is InChI=1S/C15H19N5O3S/c16-11(14(18)23)4-8-1-2-12(21)9(3-8)5-10-6-19-15(24-10)20-7-13(17)22/h1-3,6,11,21H,4-5,7,16H2,(H2,17,22)(H2,18,23)(H,19,20)/t11-/m0/s1. The van der Waals surface area contributed by atoms with Gasteiger partial charge in [-0.2, -0.15) is 0 Å². The summed E-state index contributed by atoms with van der Waals surface area (Å²) in [7, 11) is 0. The van der Waals surface area contributed by atoms with Crippen molar-refractivity contribution >= 4 is 28.3 Å². The van der Waals surface area contributed by atoms with Crippen LogP contribution in [0.15, 0.2) is 24.4 Å². The van der Waals surface area contributed by atoms with Gasteiger partial charge in [-0.3, -0.25) is 9.59 Å². The minimum absolute atomic E-state index is 0.0126. The van der Waals surface area contributed by atoms with Crippen LogP contribution in [0.5, 0.6) is 5.75 Å². The molecule has 0 spiro atoms. The summed E-state index contributed by atoms with van der Waals surface area (Å²) in [6.07, 6.45) is 2.42. The van der Waals surface area contributed by atoms with Gasteiger partial charge in [-0.15, -0.1) is 11.3 Å². The number of phenols is 1. The highest BCUT2D eigenvalue weighted by molar-refractivity contribution is 7.15. The number of phenolic OH excluding ortho intramolecular Hbond substituents is 1. The monoisotopic (exact) mass is 349 g/mol.